The SMILES string of the molecule is CCc1ccc2c(c1CC)Cc1ccccc1-2.O=S(=O)(O)C(F)(F)F. The molecule has 0 bridgehead atoms. The number of hydrogen-bond acceptors (Lipinski definition) is 2. The highest BCUT2D eigenvalue weighted by Crippen LogP contribution is 2.39. The van der Waals surface area contributed by atoms with Crippen molar-refractivity contribution in [2.75, 3.05) is 0 Å². The molecule has 25 heavy (non-hydrogen) atoms. The van der Waals surface area contributed by atoms with Crippen LogP contribution in [-0.2, 0) is 29.4 Å². The molecule has 0 fully saturated rings. The number of benzene rings is 2. The Labute approximate surface area is 145 Å². The van der Waals surface area contributed by atoms with Crippen LogP contribution in [0.2, 0.25) is 0 Å². The molecule has 0 saturated carbocycles. The fraction of sp³-hybridized carbons (Fsp3) is 0.333. The van der Waals surface area contributed by atoms with Crippen molar-refractivity contribution in [3.63, 3.8) is 0 Å². The van der Waals surface area contributed by atoms with E-state index in [1.165, 1.54) is 22.3 Å². The van der Waals surface area contributed by atoms with E-state index in [0.29, 0.717) is 0 Å². The predicted octanol–water partition coefficient (Wildman–Crippen LogP) is 4.78. The van der Waals surface area contributed by atoms with Crippen LogP contribution in [0.3, 0.4) is 0 Å². The van der Waals surface area contributed by atoms with Crippen LogP contribution in [-0.4, -0.2) is 18.5 Å². The molecule has 0 heterocycles. The summed E-state index contributed by atoms with van der Waals surface area (Å²) in [6.07, 6.45) is 3.43. The van der Waals surface area contributed by atoms with Crippen LogP contribution in [0.4, 0.5) is 13.2 Å². The van der Waals surface area contributed by atoms with Gasteiger partial charge in [0.2, 0.25) is 0 Å². The highest BCUT2D eigenvalue weighted by Gasteiger charge is 2.44. The molecule has 0 radical (unpaired) electrons. The van der Waals surface area contributed by atoms with Gasteiger partial charge < -0.3 is 0 Å². The second kappa shape index (κ2) is 7.17. The minimum Gasteiger partial charge on any atom is -0.279 e. The van der Waals surface area contributed by atoms with Crippen molar-refractivity contribution in [1.82, 2.24) is 0 Å². The Morgan fingerprint density at radius 1 is 1.00 bits per heavy atom. The standard InChI is InChI=1S/C17H18.CHF3O3S/c1-3-12-9-10-16-15-8-6-5-7-13(15)11-17(16)14(12)4-2;2-1(3,4)8(5,6)7/h5-10H,3-4,11H2,1-2H3;(H,5,6,7). The smallest absolute Gasteiger partial charge is 0.279 e. The number of aryl methyl sites for hydroxylation is 1. The first kappa shape index (κ1) is 19.5. The first-order valence-electron chi connectivity index (χ1n) is 7.85. The van der Waals surface area contributed by atoms with E-state index in [9.17, 15) is 13.2 Å². The van der Waals surface area contributed by atoms with E-state index >= 15 is 0 Å². The van der Waals surface area contributed by atoms with Crippen LogP contribution in [0, 0.1) is 0 Å². The van der Waals surface area contributed by atoms with Gasteiger partial charge >= 0.3 is 15.6 Å². The molecule has 136 valence electrons. The fourth-order valence-corrected chi connectivity index (χ4v) is 3.10. The topological polar surface area (TPSA) is 54.4 Å². The zero-order chi connectivity index (χ0) is 18.8. The highest BCUT2D eigenvalue weighted by atomic mass is 32.2. The average Bonchev–Trinajstić information content (AvgIpc) is 2.91. The van der Waals surface area contributed by atoms with Crippen molar-refractivity contribution in [1.29, 1.82) is 0 Å². The third-order valence-corrected chi connectivity index (χ3v) is 4.81. The molecule has 0 unspecified atom stereocenters. The van der Waals surface area contributed by atoms with E-state index in [0.717, 1.165) is 19.3 Å². The Morgan fingerprint density at radius 3 is 2.12 bits per heavy atom. The lowest BCUT2D eigenvalue weighted by atomic mass is 9.93. The first-order chi connectivity index (χ1) is 11.6. The summed E-state index contributed by atoms with van der Waals surface area (Å²) in [7, 11) is -5.84. The Kier molecular flexibility index (Phi) is 5.58. The molecule has 3 nitrogen and oxygen atoms in total. The predicted molar refractivity (Wildman–Crippen MR) is 91.0 cm³/mol. The summed E-state index contributed by atoms with van der Waals surface area (Å²) in [5, 5.41) is 0. The summed E-state index contributed by atoms with van der Waals surface area (Å²) in [5.41, 5.74) is 3.56. The van der Waals surface area contributed by atoms with Crippen LogP contribution < -0.4 is 0 Å². The summed E-state index contributed by atoms with van der Waals surface area (Å²) in [6.45, 7) is 4.53. The maximum Gasteiger partial charge on any atom is 0.522 e. The van der Waals surface area contributed by atoms with E-state index in [2.05, 4.69) is 50.2 Å². The molecule has 1 N–H and O–H groups in total. The molecular formula is C18H19F3O3S. The van der Waals surface area contributed by atoms with Crippen molar-refractivity contribution < 1.29 is 26.1 Å². The van der Waals surface area contributed by atoms with Gasteiger partial charge in [0, 0.05) is 0 Å². The van der Waals surface area contributed by atoms with Gasteiger partial charge in [0.25, 0.3) is 0 Å². The zero-order valence-electron chi connectivity index (χ0n) is 13.9. The number of rotatable bonds is 2. The Balaban J connectivity index is 0.000000242. The summed E-state index contributed by atoms with van der Waals surface area (Å²) < 4.78 is 57.5. The lowest BCUT2D eigenvalue weighted by Crippen LogP contribution is -2.21. The Bertz CT molecular complexity index is 872. The lowest BCUT2D eigenvalue weighted by molar-refractivity contribution is -0.0510. The monoisotopic (exact) mass is 372 g/mol. The number of halogens is 3. The van der Waals surface area contributed by atoms with Crippen molar-refractivity contribution in [2.45, 2.75) is 38.6 Å². The van der Waals surface area contributed by atoms with Crippen molar-refractivity contribution in [3.05, 3.63) is 58.7 Å². The number of fused-ring (bicyclic) bond motifs is 3. The molecule has 7 heteroatoms. The first-order valence-corrected chi connectivity index (χ1v) is 9.29. The lowest BCUT2D eigenvalue weighted by Gasteiger charge is -2.11. The van der Waals surface area contributed by atoms with Crippen molar-refractivity contribution in [3.8, 4) is 11.1 Å². The van der Waals surface area contributed by atoms with Crippen LogP contribution in [0.5, 0.6) is 0 Å². The molecule has 0 saturated heterocycles. The second-order valence-corrected chi connectivity index (χ2v) is 7.10. The molecular weight excluding hydrogens is 353 g/mol. The molecule has 0 amide bonds. The zero-order valence-corrected chi connectivity index (χ0v) is 14.7. The maximum atomic E-state index is 10.7. The van der Waals surface area contributed by atoms with E-state index in [1.54, 1.807) is 11.1 Å². The molecule has 2 aromatic rings. The minimum absolute atomic E-state index is 1.13. The van der Waals surface area contributed by atoms with Gasteiger partial charge in [-0.2, -0.15) is 21.6 Å². The quantitative estimate of drug-likeness (QED) is 0.520. The van der Waals surface area contributed by atoms with Crippen LogP contribution in [0.1, 0.15) is 36.1 Å². The van der Waals surface area contributed by atoms with E-state index in [4.69, 9.17) is 13.0 Å². The van der Waals surface area contributed by atoms with E-state index in [1.807, 2.05) is 0 Å². The van der Waals surface area contributed by atoms with Gasteiger partial charge in [-0.1, -0.05) is 50.2 Å². The largest absolute Gasteiger partial charge is 0.522 e. The summed E-state index contributed by atoms with van der Waals surface area (Å²) in [5.74, 6) is 0. The molecule has 0 aromatic heterocycles. The van der Waals surface area contributed by atoms with Gasteiger partial charge in [0.15, 0.2) is 0 Å². The molecule has 3 rings (SSSR count). The molecule has 1 aliphatic carbocycles. The Hall–Kier alpha value is -1.86. The van der Waals surface area contributed by atoms with Gasteiger partial charge in [-0.05, 0) is 52.6 Å². The number of hydrogen-bond donors (Lipinski definition) is 1. The minimum atomic E-state index is -5.84. The normalized spacial score (nSPS) is 12.9. The van der Waals surface area contributed by atoms with Gasteiger partial charge in [0.05, 0.1) is 0 Å². The molecule has 0 atom stereocenters. The molecule has 0 spiro atoms. The van der Waals surface area contributed by atoms with Crippen LogP contribution in [0.15, 0.2) is 36.4 Å². The second-order valence-electron chi connectivity index (χ2n) is 5.69. The summed E-state index contributed by atoms with van der Waals surface area (Å²) in [6, 6.07) is 13.5. The van der Waals surface area contributed by atoms with Crippen LogP contribution >= 0.6 is 0 Å². The summed E-state index contributed by atoms with van der Waals surface area (Å²) in [4.78, 5) is 0. The maximum absolute atomic E-state index is 10.7. The third kappa shape index (κ3) is 4.04. The molecule has 0 aliphatic heterocycles. The fourth-order valence-electron chi connectivity index (χ4n) is 3.10. The third-order valence-electron chi connectivity index (χ3n) is 4.23. The van der Waals surface area contributed by atoms with Crippen LogP contribution in [0.25, 0.3) is 11.1 Å². The summed E-state index contributed by atoms with van der Waals surface area (Å²) >= 11 is 0. The van der Waals surface area contributed by atoms with E-state index < -0.39 is 15.6 Å². The van der Waals surface area contributed by atoms with Crippen molar-refractivity contribution >= 4 is 10.1 Å². The van der Waals surface area contributed by atoms with Gasteiger partial charge in [-0.25, -0.2) is 0 Å². The molecule has 1 aliphatic rings. The highest BCUT2D eigenvalue weighted by molar-refractivity contribution is 7.86. The average molecular weight is 372 g/mol. The number of alkyl halides is 3. The van der Waals surface area contributed by atoms with Gasteiger partial charge in [-0.15, -0.1) is 0 Å². The molecule has 2 aromatic carbocycles. The van der Waals surface area contributed by atoms with Gasteiger partial charge in [-0.3, -0.25) is 4.55 Å². The van der Waals surface area contributed by atoms with Gasteiger partial charge in [0.1, 0.15) is 0 Å². The van der Waals surface area contributed by atoms with E-state index in [-0.39, 0.29) is 0 Å². The van der Waals surface area contributed by atoms with Crippen molar-refractivity contribution in [2.24, 2.45) is 0 Å². The Morgan fingerprint density at radius 2 is 1.60 bits per heavy atom.